The quantitative estimate of drug-likeness (QED) is 0.147. The normalized spacial score (nSPS) is 12.0. The van der Waals surface area contributed by atoms with Crippen LogP contribution in [0.15, 0.2) is 72.8 Å². The minimum Gasteiger partial charge on any atom is -0.736 e. The maximum atomic E-state index is 12.8. The van der Waals surface area contributed by atoms with Crippen LogP contribution in [0.5, 0.6) is 23.0 Å². The number of methoxy groups -OCH3 is 1. The van der Waals surface area contributed by atoms with Gasteiger partial charge in [0, 0.05) is 19.4 Å². The molecule has 0 radical (unpaired) electrons. The Hall–Kier alpha value is -2.61. The van der Waals surface area contributed by atoms with E-state index >= 15 is 0 Å². The van der Waals surface area contributed by atoms with Crippen LogP contribution < -0.4 is 53.0 Å². The molecule has 0 heterocycles. The second-order valence-electron chi connectivity index (χ2n) is 6.64. The molecule has 0 aliphatic rings. The molecule has 1 unspecified atom stereocenters. The van der Waals surface area contributed by atoms with Crippen molar-refractivity contribution in [3.05, 3.63) is 83.9 Å². The summed E-state index contributed by atoms with van der Waals surface area (Å²) in [6.07, 6.45) is 0.0373. The van der Waals surface area contributed by atoms with Crippen molar-refractivity contribution in [3.8, 4) is 23.0 Å². The van der Waals surface area contributed by atoms with Gasteiger partial charge in [0.2, 0.25) is 0 Å². The van der Waals surface area contributed by atoms with Gasteiger partial charge >= 0.3 is 43.3 Å². The van der Waals surface area contributed by atoms with Gasteiger partial charge in [-0.3, -0.25) is 9.59 Å². The molecule has 0 saturated carbocycles. The van der Waals surface area contributed by atoms with Crippen molar-refractivity contribution in [2.45, 2.75) is 13.3 Å². The van der Waals surface area contributed by atoms with E-state index < -0.39 is 13.8 Å². The zero-order chi connectivity index (χ0) is 23.1. The largest absolute Gasteiger partial charge is 1.00 e. The predicted octanol–water partition coefficient (Wildman–Crippen LogP) is 0.976. The molecule has 0 fully saturated rings. The molecule has 0 aromatic heterocycles. The maximum absolute atomic E-state index is 12.8. The molecule has 0 spiro atoms. The first-order valence-corrected chi connectivity index (χ1v) is 11.0. The van der Waals surface area contributed by atoms with Gasteiger partial charge in [-0.1, -0.05) is 30.3 Å². The molecule has 0 N–H and O–H groups in total. The molecule has 3 aromatic rings. The number of hydrogen-bond acceptors (Lipinski definition) is 8. The summed E-state index contributed by atoms with van der Waals surface area (Å²) < 4.78 is 32.3. The van der Waals surface area contributed by atoms with Crippen molar-refractivity contribution in [2.75, 3.05) is 7.11 Å². The minimum atomic E-state index is -4.78. The Morgan fingerprint density at radius 3 is 2.09 bits per heavy atom. The van der Waals surface area contributed by atoms with E-state index in [-0.39, 0.29) is 64.6 Å². The van der Waals surface area contributed by atoms with Crippen molar-refractivity contribution in [1.82, 2.24) is 0 Å². The second kappa shape index (κ2) is 12.0. The summed E-state index contributed by atoms with van der Waals surface area (Å²) in [6, 6.07) is 18.6. The average Bonchev–Trinajstić information content (AvgIpc) is 2.74. The van der Waals surface area contributed by atoms with Crippen LogP contribution in [0, 0.1) is 0 Å². The first-order chi connectivity index (χ1) is 15.3. The summed E-state index contributed by atoms with van der Waals surface area (Å²) >= 11 is 0. The fourth-order valence-electron chi connectivity index (χ4n) is 2.81. The molecule has 166 valence electrons. The summed E-state index contributed by atoms with van der Waals surface area (Å²) in [5, 5.41) is 0. The van der Waals surface area contributed by atoms with Crippen molar-refractivity contribution in [3.63, 3.8) is 0 Å². The van der Waals surface area contributed by atoms with Crippen LogP contribution in [-0.2, 0) is 15.8 Å². The molecule has 0 saturated heterocycles. The fraction of sp³-hybridized carbons (Fsp3) is 0.130. The van der Waals surface area contributed by atoms with Crippen molar-refractivity contribution < 1.29 is 67.1 Å². The Morgan fingerprint density at radius 2 is 1.48 bits per heavy atom. The number of carbonyl (C=O) groups excluding carboxylic acids is 2. The van der Waals surface area contributed by atoms with E-state index in [9.17, 15) is 19.0 Å². The zero-order valence-electron chi connectivity index (χ0n) is 18.3. The summed E-state index contributed by atoms with van der Waals surface area (Å²) in [7, 11) is -3.24. The van der Waals surface area contributed by atoms with E-state index in [1.807, 2.05) is 0 Å². The minimum absolute atomic E-state index is 0. The van der Waals surface area contributed by atoms with Crippen LogP contribution in [0.4, 0.5) is 0 Å². The number of phosphoric acid groups is 1. The van der Waals surface area contributed by atoms with Crippen molar-refractivity contribution in [2.24, 2.45) is 0 Å². The van der Waals surface area contributed by atoms with Crippen LogP contribution in [0.2, 0.25) is 0 Å². The summed E-state index contributed by atoms with van der Waals surface area (Å²) in [5.74, 6) is -0.555. The van der Waals surface area contributed by atoms with Gasteiger partial charge in [0.25, 0.3) is 0 Å². The molecule has 1 atom stereocenters. The fourth-order valence-corrected chi connectivity index (χ4v) is 3.60. The second-order valence-corrected chi connectivity index (χ2v) is 7.90. The average molecular weight is 478 g/mol. The van der Waals surface area contributed by atoms with Crippen molar-refractivity contribution >= 4 is 19.6 Å². The number of esters is 1. The van der Waals surface area contributed by atoms with Gasteiger partial charge in [-0.05, 0) is 42.0 Å². The van der Waals surface area contributed by atoms with Gasteiger partial charge in [-0.2, -0.15) is 0 Å². The third-order valence-electron chi connectivity index (χ3n) is 4.21. The number of Topliss-reactive ketones (excluding diaryl/α,β-unsaturated/α-hetero) is 1. The number of rotatable bonds is 9. The molecule has 10 heteroatoms. The molecule has 0 aliphatic carbocycles. The number of benzene rings is 3. The number of hydrogen-bond donors (Lipinski definition) is 0. The van der Waals surface area contributed by atoms with E-state index in [1.54, 1.807) is 49.6 Å². The smallest absolute Gasteiger partial charge is 0.736 e. The standard InChI is InChI=1S/C23H21O8P.Na/c1-16(24)29-23-15-20(31-32(26,27)30-19-6-4-3-5-7-19)12-13-21(23)22(25)14-17-8-10-18(28-2)11-9-17;/h3-13,15H,14H2,1-2H3,(H,26,27);/q;+1/p-1. The van der Waals surface area contributed by atoms with Crippen LogP contribution >= 0.6 is 7.82 Å². The third kappa shape index (κ3) is 8.03. The molecule has 3 rings (SSSR count). The first-order valence-electron chi connectivity index (χ1n) is 9.49. The van der Waals surface area contributed by atoms with Gasteiger partial charge in [0.1, 0.15) is 23.0 Å². The Labute approximate surface area is 213 Å². The van der Waals surface area contributed by atoms with Gasteiger partial charge in [-0.15, -0.1) is 0 Å². The van der Waals surface area contributed by atoms with Gasteiger partial charge in [0.15, 0.2) is 5.78 Å². The molecule has 33 heavy (non-hydrogen) atoms. The maximum Gasteiger partial charge on any atom is 1.00 e. The number of para-hydroxylation sites is 1. The number of ketones is 1. The van der Waals surface area contributed by atoms with Crippen LogP contribution in [0.25, 0.3) is 0 Å². The molecule has 8 nitrogen and oxygen atoms in total. The molecule has 0 bridgehead atoms. The van der Waals surface area contributed by atoms with Gasteiger partial charge in [-0.25, -0.2) is 4.57 Å². The van der Waals surface area contributed by atoms with E-state index in [1.165, 1.54) is 31.2 Å². The number of carbonyl (C=O) groups is 2. The van der Waals surface area contributed by atoms with Gasteiger partial charge < -0.3 is 23.4 Å². The summed E-state index contributed by atoms with van der Waals surface area (Å²) in [6.45, 7) is 1.17. The molecule has 3 aromatic carbocycles. The van der Waals surface area contributed by atoms with E-state index in [2.05, 4.69) is 0 Å². The van der Waals surface area contributed by atoms with E-state index in [0.717, 1.165) is 11.6 Å². The Kier molecular flexibility index (Phi) is 9.70. The predicted molar refractivity (Wildman–Crippen MR) is 114 cm³/mol. The molecule has 0 amide bonds. The summed E-state index contributed by atoms with van der Waals surface area (Å²) in [5.41, 5.74) is 0.832. The topological polar surface area (TPSA) is 111 Å². The SMILES string of the molecule is COc1ccc(CC(=O)c2ccc(OP(=O)([O-])Oc3ccccc3)cc2OC(C)=O)cc1.[Na+]. The number of ether oxygens (including phenoxy) is 2. The Morgan fingerprint density at radius 1 is 0.879 bits per heavy atom. The Balaban J connectivity index is 0.00000385. The first kappa shape index (κ1) is 26.6. The van der Waals surface area contributed by atoms with Gasteiger partial charge in [0.05, 0.1) is 12.7 Å². The number of phosphoric ester groups is 1. The summed E-state index contributed by atoms with van der Waals surface area (Å²) in [4.78, 5) is 36.5. The van der Waals surface area contributed by atoms with E-state index in [4.69, 9.17) is 18.5 Å². The molecular weight excluding hydrogens is 458 g/mol. The molecular formula is C23H20NaO8P. The van der Waals surface area contributed by atoms with Crippen LogP contribution in [-0.4, -0.2) is 18.9 Å². The molecule has 0 aliphatic heterocycles. The van der Waals surface area contributed by atoms with Crippen LogP contribution in [0.1, 0.15) is 22.8 Å². The van der Waals surface area contributed by atoms with Crippen LogP contribution in [0.3, 0.4) is 0 Å². The third-order valence-corrected chi connectivity index (χ3v) is 5.08. The zero-order valence-corrected chi connectivity index (χ0v) is 21.2. The van der Waals surface area contributed by atoms with E-state index in [0.29, 0.717) is 5.75 Å². The van der Waals surface area contributed by atoms with Crippen molar-refractivity contribution in [1.29, 1.82) is 0 Å². The monoisotopic (exact) mass is 478 g/mol. The Bertz CT molecular complexity index is 1150.